The van der Waals surface area contributed by atoms with Crippen molar-refractivity contribution >= 4 is 11.7 Å². The highest BCUT2D eigenvalue weighted by molar-refractivity contribution is 6.14. The zero-order valence-corrected chi connectivity index (χ0v) is 18.6. The van der Waals surface area contributed by atoms with E-state index in [1.54, 1.807) is 24.3 Å². The first-order valence-corrected chi connectivity index (χ1v) is 10.8. The summed E-state index contributed by atoms with van der Waals surface area (Å²) in [4.78, 5) is 31.4. The SMILES string of the molecule is COc1cc(C(=O)NC23C(=O)C4=C(C=CCC4N)C2(O)Oc2cc(C(C)C)ccc23)ccn1. The first-order chi connectivity index (χ1) is 15.7. The van der Waals surface area contributed by atoms with Gasteiger partial charge in [0.15, 0.2) is 5.78 Å². The smallest absolute Gasteiger partial charge is 0.270 e. The number of Topliss-reactive ketones (excluding diaryl/α,β-unsaturated/α-hetero) is 1. The number of carbonyl (C=O) groups is 2. The van der Waals surface area contributed by atoms with Crippen LogP contribution in [0.3, 0.4) is 0 Å². The Morgan fingerprint density at radius 3 is 2.85 bits per heavy atom. The number of nitrogens with zero attached hydrogens (tertiary/aromatic N) is 1. The monoisotopic (exact) mass is 447 g/mol. The fraction of sp³-hybridized carbons (Fsp3) is 0.320. The number of aromatic nitrogens is 1. The molecule has 0 spiro atoms. The van der Waals surface area contributed by atoms with Gasteiger partial charge in [-0.05, 0) is 30.0 Å². The van der Waals surface area contributed by atoms with Crippen LogP contribution in [-0.4, -0.2) is 40.7 Å². The summed E-state index contributed by atoms with van der Waals surface area (Å²) in [6.07, 6.45) is 5.34. The lowest BCUT2D eigenvalue weighted by atomic mass is 9.80. The standard InChI is InChI=1S/C25H25N3O5/c1-13(2)14-7-8-16-19(11-14)33-25(31)17-5-4-6-18(26)21(17)22(29)24(16,25)28-23(30)15-9-10-27-20(12-15)32-3/h4-5,7-13,18,31H,6,26H2,1-3H3,(H,28,30). The molecule has 3 aliphatic rings. The number of nitrogens with two attached hydrogens (primary N) is 1. The molecular formula is C25H25N3O5. The third kappa shape index (κ3) is 2.81. The number of amides is 1. The van der Waals surface area contributed by atoms with Crippen LogP contribution in [0.4, 0.5) is 0 Å². The fourth-order valence-electron chi connectivity index (χ4n) is 4.89. The lowest BCUT2D eigenvalue weighted by Gasteiger charge is -2.35. The van der Waals surface area contributed by atoms with Gasteiger partial charge in [0.05, 0.1) is 7.11 Å². The Balaban J connectivity index is 1.68. The number of nitrogens with one attached hydrogen (secondary N) is 1. The van der Waals surface area contributed by atoms with Crippen LogP contribution >= 0.6 is 0 Å². The van der Waals surface area contributed by atoms with E-state index in [0.29, 0.717) is 17.7 Å². The Hall–Kier alpha value is -3.49. The summed E-state index contributed by atoms with van der Waals surface area (Å²) in [7, 11) is 1.45. The molecule has 0 radical (unpaired) electrons. The summed E-state index contributed by atoms with van der Waals surface area (Å²) in [5.41, 5.74) is 6.54. The van der Waals surface area contributed by atoms with Crippen molar-refractivity contribution in [3.8, 4) is 11.6 Å². The van der Waals surface area contributed by atoms with E-state index < -0.39 is 29.1 Å². The molecule has 8 nitrogen and oxygen atoms in total. The van der Waals surface area contributed by atoms with Crippen molar-refractivity contribution < 1.29 is 24.2 Å². The van der Waals surface area contributed by atoms with E-state index in [-0.39, 0.29) is 28.5 Å². The van der Waals surface area contributed by atoms with E-state index in [0.717, 1.165) is 5.56 Å². The van der Waals surface area contributed by atoms with Crippen molar-refractivity contribution in [2.75, 3.05) is 7.11 Å². The molecule has 4 N–H and O–H groups in total. The highest BCUT2D eigenvalue weighted by Gasteiger charge is 2.72. The van der Waals surface area contributed by atoms with Gasteiger partial charge in [-0.1, -0.05) is 38.1 Å². The Morgan fingerprint density at radius 1 is 1.33 bits per heavy atom. The van der Waals surface area contributed by atoms with Crippen LogP contribution in [0, 0.1) is 0 Å². The van der Waals surface area contributed by atoms with E-state index in [1.807, 2.05) is 19.9 Å². The van der Waals surface area contributed by atoms with Gasteiger partial charge in [0.1, 0.15) is 5.75 Å². The molecule has 2 heterocycles. The molecule has 1 amide bonds. The number of carbonyl (C=O) groups excluding carboxylic acids is 2. The second-order valence-corrected chi connectivity index (χ2v) is 8.85. The number of ketones is 1. The minimum Gasteiger partial charge on any atom is -0.481 e. The van der Waals surface area contributed by atoms with Crippen molar-refractivity contribution in [1.82, 2.24) is 10.3 Å². The Labute approximate surface area is 191 Å². The first-order valence-electron chi connectivity index (χ1n) is 10.8. The van der Waals surface area contributed by atoms with Crippen LogP contribution < -0.4 is 20.5 Å². The Morgan fingerprint density at radius 2 is 2.12 bits per heavy atom. The Bertz CT molecular complexity index is 1250. The summed E-state index contributed by atoms with van der Waals surface area (Å²) in [6, 6.07) is 7.78. The third-order valence-corrected chi connectivity index (χ3v) is 6.64. The largest absolute Gasteiger partial charge is 0.481 e. The summed E-state index contributed by atoms with van der Waals surface area (Å²) < 4.78 is 11.2. The van der Waals surface area contributed by atoms with Crippen molar-refractivity contribution in [2.24, 2.45) is 5.73 Å². The molecule has 2 aromatic rings. The lowest BCUT2D eigenvalue weighted by Crippen LogP contribution is -2.63. The summed E-state index contributed by atoms with van der Waals surface area (Å²) in [6.45, 7) is 4.07. The summed E-state index contributed by atoms with van der Waals surface area (Å²) in [5, 5.41) is 14.8. The van der Waals surface area contributed by atoms with Crippen LogP contribution in [-0.2, 0) is 10.3 Å². The highest BCUT2D eigenvalue weighted by Crippen LogP contribution is 2.57. The zero-order valence-electron chi connectivity index (χ0n) is 18.6. The maximum Gasteiger partial charge on any atom is 0.270 e. The number of hydrogen-bond acceptors (Lipinski definition) is 7. The molecule has 0 fully saturated rings. The van der Waals surface area contributed by atoms with Gasteiger partial charge in [0.2, 0.25) is 11.4 Å². The molecule has 170 valence electrons. The van der Waals surface area contributed by atoms with Crippen LogP contribution in [0.25, 0.3) is 0 Å². The number of rotatable bonds is 4. The van der Waals surface area contributed by atoms with Crippen molar-refractivity contribution in [3.63, 3.8) is 0 Å². The molecule has 1 aromatic heterocycles. The first kappa shape index (κ1) is 21.4. The van der Waals surface area contributed by atoms with Crippen LogP contribution in [0.5, 0.6) is 11.6 Å². The number of aliphatic hydroxyl groups is 1. The van der Waals surface area contributed by atoms with Gasteiger partial charge in [-0.3, -0.25) is 9.59 Å². The number of ether oxygens (including phenoxy) is 2. The van der Waals surface area contributed by atoms with Gasteiger partial charge < -0.3 is 25.6 Å². The molecule has 1 aromatic carbocycles. The fourth-order valence-corrected chi connectivity index (χ4v) is 4.89. The molecule has 5 rings (SSSR count). The third-order valence-electron chi connectivity index (χ3n) is 6.64. The topological polar surface area (TPSA) is 124 Å². The minimum atomic E-state index is -2.13. The molecule has 3 atom stereocenters. The predicted octanol–water partition coefficient (Wildman–Crippen LogP) is 2.09. The molecule has 1 aliphatic heterocycles. The van der Waals surface area contributed by atoms with Gasteiger partial charge in [-0.25, -0.2) is 4.98 Å². The number of pyridine rings is 1. The zero-order chi connectivity index (χ0) is 23.5. The normalized spacial score (nSPS) is 27.2. The number of benzene rings is 1. The molecule has 0 bridgehead atoms. The average Bonchev–Trinajstić information content (AvgIpc) is 3.16. The lowest BCUT2D eigenvalue weighted by molar-refractivity contribution is -0.154. The van der Waals surface area contributed by atoms with Gasteiger partial charge in [0, 0.05) is 40.6 Å². The van der Waals surface area contributed by atoms with Gasteiger partial charge in [0.25, 0.3) is 11.7 Å². The van der Waals surface area contributed by atoms with Crippen LogP contribution in [0.2, 0.25) is 0 Å². The van der Waals surface area contributed by atoms with Crippen molar-refractivity contribution in [2.45, 2.75) is 43.6 Å². The number of methoxy groups -OCH3 is 1. The maximum absolute atomic E-state index is 14.0. The number of fused-ring (bicyclic) bond motifs is 4. The van der Waals surface area contributed by atoms with Crippen molar-refractivity contribution in [1.29, 1.82) is 0 Å². The molecule has 3 unspecified atom stereocenters. The van der Waals surface area contributed by atoms with E-state index in [4.69, 9.17) is 15.2 Å². The van der Waals surface area contributed by atoms with Gasteiger partial charge in [-0.2, -0.15) is 0 Å². The summed E-state index contributed by atoms with van der Waals surface area (Å²) in [5.74, 6) is -2.37. The Kier molecular flexibility index (Phi) is 4.70. The molecule has 8 heteroatoms. The minimum absolute atomic E-state index is 0.206. The summed E-state index contributed by atoms with van der Waals surface area (Å²) >= 11 is 0. The number of hydrogen-bond donors (Lipinski definition) is 3. The van der Waals surface area contributed by atoms with Gasteiger partial charge >= 0.3 is 0 Å². The van der Waals surface area contributed by atoms with Crippen molar-refractivity contribution in [3.05, 3.63) is 76.5 Å². The van der Waals surface area contributed by atoms with Crippen LogP contribution in [0.1, 0.15) is 47.7 Å². The van der Waals surface area contributed by atoms with E-state index >= 15 is 0 Å². The molecule has 2 aliphatic carbocycles. The van der Waals surface area contributed by atoms with Crippen LogP contribution in [0.15, 0.2) is 59.8 Å². The second kappa shape index (κ2) is 7.26. The van der Waals surface area contributed by atoms with E-state index in [9.17, 15) is 14.7 Å². The molecular weight excluding hydrogens is 422 g/mol. The van der Waals surface area contributed by atoms with Gasteiger partial charge in [-0.15, -0.1) is 0 Å². The molecule has 0 saturated carbocycles. The molecule has 33 heavy (non-hydrogen) atoms. The predicted molar refractivity (Wildman–Crippen MR) is 120 cm³/mol. The average molecular weight is 447 g/mol. The maximum atomic E-state index is 14.0. The van der Waals surface area contributed by atoms with E-state index in [1.165, 1.54) is 25.4 Å². The molecule has 0 saturated heterocycles. The quantitative estimate of drug-likeness (QED) is 0.656. The highest BCUT2D eigenvalue weighted by atomic mass is 16.6. The van der Waals surface area contributed by atoms with E-state index in [2.05, 4.69) is 10.3 Å². The second-order valence-electron chi connectivity index (χ2n) is 8.85.